The molecule has 8 heteroatoms. The molecule has 32 heavy (non-hydrogen) atoms. The average molecular weight is 470 g/mol. The topological polar surface area (TPSA) is 79.4 Å². The van der Waals surface area contributed by atoms with Gasteiger partial charge in [0.25, 0.3) is 0 Å². The second-order valence-corrected chi connectivity index (χ2v) is 11.3. The first kappa shape index (κ1) is 22.8. The lowest BCUT2D eigenvalue weighted by atomic mass is 10.1. The molecule has 1 aliphatic heterocycles. The number of nitrogens with zero attached hydrogens (tertiary/aromatic N) is 2. The number of sulfonamides is 1. The highest BCUT2D eigenvalue weighted by Gasteiger charge is 2.26. The SMILES string of the molecule is Cc1cc(SC(C)C(=O)Nc2ccc(S(=O)(=O)N3CCCCC3)cc2)nc2ccccc12. The molecule has 2 aromatic carbocycles. The fourth-order valence-electron chi connectivity index (χ4n) is 3.82. The molecule has 1 aromatic heterocycles. The van der Waals surface area contributed by atoms with Gasteiger partial charge in [-0.25, -0.2) is 13.4 Å². The molecule has 1 fully saturated rings. The maximum Gasteiger partial charge on any atom is 0.243 e. The molecule has 0 bridgehead atoms. The second-order valence-electron chi connectivity index (χ2n) is 8.03. The smallest absolute Gasteiger partial charge is 0.243 e. The number of rotatable bonds is 6. The Balaban J connectivity index is 1.41. The van der Waals surface area contributed by atoms with Gasteiger partial charge in [0, 0.05) is 24.2 Å². The normalized spacial score (nSPS) is 16.1. The van der Waals surface area contributed by atoms with Crippen molar-refractivity contribution < 1.29 is 13.2 Å². The van der Waals surface area contributed by atoms with E-state index in [0.29, 0.717) is 18.8 Å². The van der Waals surface area contributed by atoms with E-state index in [-0.39, 0.29) is 16.1 Å². The van der Waals surface area contributed by atoms with Crippen molar-refractivity contribution in [1.82, 2.24) is 9.29 Å². The number of carbonyl (C=O) groups excluding carboxylic acids is 1. The first-order chi connectivity index (χ1) is 15.3. The predicted molar refractivity (Wildman–Crippen MR) is 129 cm³/mol. The van der Waals surface area contributed by atoms with Crippen LogP contribution in [0.15, 0.2) is 64.5 Å². The Morgan fingerprint density at radius 1 is 1.06 bits per heavy atom. The molecule has 0 aliphatic carbocycles. The molecule has 2 heterocycles. The number of aromatic nitrogens is 1. The largest absolute Gasteiger partial charge is 0.325 e. The van der Waals surface area contributed by atoms with Crippen LogP contribution in [0.3, 0.4) is 0 Å². The van der Waals surface area contributed by atoms with Gasteiger partial charge in [-0.15, -0.1) is 0 Å². The van der Waals surface area contributed by atoms with Gasteiger partial charge >= 0.3 is 0 Å². The van der Waals surface area contributed by atoms with E-state index < -0.39 is 10.0 Å². The van der Waals surface area contributed by atoms with Gasteiger partial charge in [0.05, 0.1) is 20.7 Å². The highest BCUT2D eigenvalue weighted by atomic mass is 32.2. The molecule has 1 saturated heterocycles. The van der Waals surface area contributed by atoms with Crippen LogP contribution in [0.25, 0.3) is 10.9 Å². The maximum absolute atomic E-state index is 12.8. The molecule has 3 aromatic rings. The van der Waals surface area contributed by atoms with Crippen LogP contribution in [0.1, 0.15) is 31.7 Å². The first-order valence-corrected chi connectivity index (χ1v) is 13.1. The highest BCUT2D eigenvalue weighted by Crippen LogP contribution is 2.28. The van der Waals surface area contributed by atoms with Gasteiger partial charge in [0.1, 0.15) is 0 Å². The average Bonchev–Trinajstić information content (AvgIpc) is 2.80. The van der Waals surface area contributed by atoms with Crippen LogP contribution in [0.4, 0.5) is 5.69 Å². The van der Waals surface area contributed by atoms with E-state index in [9.17, 15) is 13.2 Å². The molecule has 1 N–H and O–H groups in total. The zero-order valence-electron chi connectivity index (χ0n) is 18.2. The molecule has 1 amide bonds. The molecule has 1 atom stereocenters. The lowest BCUT2D eigenvalue weighted by Crippen LogP contribution is -2.35. The summed E-state index contributed by atoms with van der Waals surface area (Å²) in [6, 6.07) is 16.4. The van der Waals surface area contributed by atoms with Crippen LogP contribution >= 0.6 is 11.8 Å². The summed E-state index contributed by atoms with van der Waals surface area (Å²) >= 11 is 1.40. The Labute approximate surface area is 193 Å². The summed E-state index contributed by atoms with van der Waals surface area (Å²) in [4.78, 5) is 17.6. The summed E-state index contributed by atoms with van der Waals surface area (Å²) in [7, 11) is -3.48. The van der Waals surface area contributed by atoms with Crippen molar-refractivity contribution in [2.75, 3.05) is 18.4 Å². The fraction of sp³-hybridized carbons (Fsp3) is 0.333. The number of amides is 1. The van der Waals surface area contributed by atoms with Gasteiger partial charge in [-0.05, 0) is 68.7 Å². The Kier molecular flexibility index (Phi) is 6.83. The van der Waals surface area contributed by atoms with Crippen LogP contribution in [0, 0.1) is 6.92 Å². The zero-order valence-corrected chi connectivity index (χ0v) is 19.9. The van der Waals surface area contributed by atoms with Crippen LogP contribution in [0.2, 0.25) is 0 Å². The number of para-hydroxylation sites is 1. The van der Waals surface area contributed by atoms with Crippen LogP contribution < -0.4 is 5.32 Å². The van der Waals surface area contributed by atoms with Crippen molar-refractivity contribution in [3.05, 3.63) is 60.2 Å². The van der Waals surface area contributed by atoms with E-state index in [0.717, 1.165) is 40.8 Å². The molecular weight excluding hydrogens is 442 g/mol. The number of pyridine rings is 1. The zero-order chi connectivity index (χ0) is 22.7. The molecule has 1 aliphatic rings. The summed E-state index contributed by atoms with van der Waals surface area (Å²) < 4.78 is 27.1. The summed E-state index contributed by atoms with van der Waals surface area (Å²) in [6.45, 7) is 5.01. The predicted octanol–water partition coefficient (Wildman–Crippen LogP) is 4.84. The number of anilines is 1. The van der Waals surface area contributed by atoms with Crippen molar-refractivity contribution in [3.63, 3.8) is 0 Å². The molecule has 0 spiro atoms. The molecular formula is C24H27N3O3S2. The third-order valence-electron chi connectivity index (χ3n) is 5.64. The number of fused-ring (bicyclic) bond motifs is 1. The number of thioether (sulfide) groups is 1. The molecule has 4 rings (SSSR count). The molecule has 168 valence electrons. The fourth-order valence-corrected chi connectivity index (χ4v) is 6.26. The van der Waals surface area contributed by atoms with Crippen LogP contribution in [0.5, 0.6) is 0 Å². The minimum absolute atomic E-state index is 0.158. The number of aryl methyl sites for hydroxylation is 1. The summed E-state index contributed by atoms with van der Waals surface area (Å²) in [5, 5.41) is 4.42. The van der Waals surface area contributed by atoms with Gasteiger partial charge in [0.15, 0.2) is 0 Å². The summed E-state index contributed by atoms with van der Waals surface area (Å²) in [6.07, 6.45) is 2.87. The monoisotopic (exact) mass is 469 g/mol. The lowest BCUT2D eigenvalue weighted by molar-refractivity contribution is -0.115. The van der Waals surface area contributed by atoms with Crippen molar-refractivity contribution in [2.45, 2.75) is 48.3 Å². The number of hydrogen-bond donors (Lipinski definition) is 1. The van der Waals surface area contributed by atoms with Crippen molar-refractivity contribution in [1.29, 1.82) is 0 Å². The Hall–Kier alpha value is -2.42. The third-order valence-corrected chi connectivity index (χ3v) is 8.57. The molecule has 0 saturated carbocycles. The number of piperidine rings is 1. The molecule has 0 radical (unpaired) electrons. The van der Waals surface area contributed by atoms with Gasteiger partial charge in [-0.2, -0.15) is 4.31 Å². The van der Waals surface area contributed by atoms with Crippen LogP contribution in [-0.2, 0) is 14.8 Å². The maximum atomic E-state index is 12.8. The second kappa shape index (κ2) is 9.60. The number of carbonyl (C=O) groups is 1. The van der Waals surface area contributed by atoms with E-state index >= 15 is 0 Å². The third kappa shape index (κ3) is 4.98. The quantitative estimate of drug-likeness (QED) is 0.523. The summed E-state index contributed by atoms with van der Waals surface area (Å²) in [5.74, 6) is -0.158. The molecule has 6 nitrogen and oxygen atoms in total. The number of benzene rings is 2. The van der Waals surface area contributed by atoms with Crippen molar-refractivity contribution in [2.24, 2.45) is 0 Å². The number of hydrogen-bond acceptors (Lipinski definition) is 5. The van der Waals surface area contributed by atoms with Gasteiger partial charge in [-0.3, -0.25) is 4.79 Å². The minimum Gasteiger partial charge on any atom is -0.325 e. The van der Waals surface area contributed by atoms with E-state index in [1.165, 1.54) is 11.8 Å². The molecule has 1 unspecified atom stereocenters. The standard InChI is InChI=1S/C24H27N3O3S2/c1-17-16-23(26-22-9-5-4-8-21(17)22)31-18(2)24(28)25-19-10-12-20(13-11-19)32(29,30)27-14-6-3-7-15-27/h4-5,8-13,16,18H,3,6-7,14-15H2,1-2H3,(H,25,28). The number of nitrogens with one attached hydrogen (secondary N) is 1. The van der Waals surface area contributed by atoms with E-state index in [2.05, 4.69) is 10.3 Å². The first-order valence-electron chi connectivity index (χ1n) is 10.8. The Bertz CT molecular complexity index is 1220. The Morgan fingerprint density at radius 2 is 1.75 bits per heavy atom. The van der Waals surface area contributed by atoms with E-state index in [1.54, 1.807) is 28.6 Å². The highest BCUT2D eigenvalue weighted by molar-refractivity contribution is 8.00. The summed E-state index contributed by atoms with van der Waals surface area (Å²) in [5.41, 5.74) is 2.60. The van der Waals surface area contributed by atoms with E-state index in [1.807, 2.05) is 44.2 Å². The lowest BCUT2D eigenvalue weighted by Gasteiger charge is -2.25. The van der Waals surface area contributed by atoms with Gasteiger partial charge in [-0.1, -0.05) is 36.4 Å². The van der Waals surface area contributed by atoms with Gasteiger partial charge < -0.3 is 5.32 Å². The van der Waals surface area contributed by atoms with Gasteiger partial charge in [0.2, 0.25) is 15.9 Å². The van der Waals surface area contributed by atoms with Crippen molar-refractivity contribution in [3.8, 4) is 0 Å². The minimum atomic E-state index is -3.48. The Morgan fingerprint density at radius 3 is 2.47 bits per heavy atom. The van der Waals surface area contributed by atoms with Crippen LogP contribution in [-0.4, -0.2) is 42.0 Å². The van der Waals surface area contributed by atoms with Crippen molar-refractivity contribution >= 4 is 44.3 Å². The van der Waals surface area contributed by atoms with E-state index in [4.69, 9.17) is 0 Å².